The number of anilines is 1. The summed E-state index contributed by atoms with van der Waals surface area (Å²) in [6.07, 6.45) is 1.18. The largest absolute Gasteiger partial charge is 0.336 e. The molecule has 0 amide bonds. The molecule has 2 aliphatic rings. The summed E-state index contributed by atoms with van der Waals surface area (Å²) in [7, 11) is 2.14. The van der Waals surface area contributed by atoms with Crippen LogP contribution in [0.3, 0.4) is 0 Å². The molecule has 2 unspecified atom stereocenters. The first-order valence-corrected chi connectivity index (χ1v) is 6.74. The molecule has 18 heavy (non-hydrogen) atoms. The fraction of sp³-hybridized carbons (Fsp3) is 0.833. The quantitative estimate of drug-likeness (QED) is 0.825. The Morgan fingerprint density at radius 1 is 1.28 bits per heavy atom. The minimum absolute atomic E-state index is 0.235. The standard InChI is InChI=1S/C12H21N5O/c1-9-3-4-13-10(9)11-14-12(15-18-11)17-7-5-16(2)6-8-17/h9-10,13H,3-8H2,1-2H3. The summed E-state index contributed by atoms with van der Waals surface area (Å²) >= 11 is 0. The summed E-state index contributed by atoms with van der Waals surface area (Å²) in [6.45, 7) is 7.33. The number of aromatic nitrogens is 2. The van der Waals surface area contributed by atoms with E-state index >= 15 is 0 Å². The maximum atomic E-state index is 5.42. The minimum atomic E-state index is 0.235. The molecule has 1 aromatic heterocycles. The molecule has 0 spiro atoms. The Labute approximate surface area is 107 Å². The van der Waals surface area contributed by atoms with Gasteiger partial charge < -0.3 is 19.6 Å². The van der Waals surface area contributed by atoms with Crippen molar-refractivity contribution < 1.29 is 4.52 Å². The first-order chi connectivity index (χ1) is 8.74. The van der Waals surface area contributed by atoms with Gasteiger partial charge in [-0.25, -0.2) is 0 Å². The van der Waals surface area contributed by atoms with Gasteiger partial charge in [0.1, 0.15) is 0 Å². The lowest BCUT2D eigenvalue weighted by molar-refractivity contribution is 0.304. The summed E-state index contributed by atoms with van der Waals surface area (Å²) in [5.74, 6) is 2.07. The van der Waals surface area contributed by atoms with E-state index in [-0.39, 0.29) is 6.04 Å². The summed E-state index contributed by atoms with van der Waals surface area (Å²) in [4.78, 5) is 9.08. The van der Waals surface area contributed by atoms with Gasteiger partial charge in [0.15, 0.2) is 0 Å². The number of likely N-dealkylation sites (N-methyl/N-ethyl adjacent to an activating group) is 1. The van der Waals surface area contributed by atoms with Crippen LogP contribution in [0, 0.1) is 5.92 Å². The van der Waals surface area contributed by atoms with E-state index in [4.69, 9.17) is 4.52 Å². The van der Waals surface area contributed by atoms with E-state index in [1.165, 1.54) is 6.42 Å². The van der Waals surface area contributed by atoms with E-state index in [1.807, 2.05) is 0 Å². The van der Waals surface area contributed by atoms with Gasteiger partial charge in [-0.1, -0.05) is 6.92 Å². The zero-order valence-electron chi connectivity index (χ0n) is 11.1. The Morgan fingerprint density at radius 2 is 2.06 bits per heavy atom. The van der Waals surface area contributed by atoms with E-state index in [0.29, 0.717) is 5.92 Å². The smallest absolute Gasteiger partial charge is 0.266 e. The minimum Gasteiger partial charge on any atom is -0.336 e. The maximum Gasteiger partial charge on any atom is 0.266 e. The van der Waals surface area contributed by atoms with Crippen LogP contribution >= 0.6 is 0 Å². The first-order valence-electron chi connectivity index (χ1n) is 6.74. The van der Waals surface area contributed by atoms with Crippen LogP contribution in [-0.4, -0.2) is 54.8 Å². The van der Waals surface area contributed by atoms with E-state index in [1.54, 1.807) is 0 Å². The molecule has 2 aliphatic heterocycles. The average Bonchev–Trinajstić information content (AvgIpc) is 2.98. The van der Waals surface area contributed by atoms with Crippen LogP contribution in [-0.2, 0) is 0 Å². The predicted octanol–water partition coefficient (Wildman–Crippen LogP) is 0.492. The third kappa shape index (κ3) is 2.22. The normalized spacial score (nSPS) is 30.0. The van der Waals surface area contributed by atoms with Crippen molar-refractivity contribution in [2.45, 2.75) is 19.4 Å². The van der Waals surface area contributed by atoms with Crippen molar-refractivity contribution >= 4 is 5.95 Å². The van der Waals surface area contributed by atoms with Crippen LogP contribution in [0.2, 0.25) is 0 Å². The second kappa shape index (κ2) is 4.85. The molecule has 3 heterocycles. The van der Waals surface area contributed by atoms with Crippen molar-refractivity contribution in [2.24, 2.45) is 5.92 Å². The second-order valence-electron chi connectivity index (χ2n) is 5.42. The van der Waals surface area contributed by atoms with Crippen LogP contribution in [0.4, 0.5) is 5.95 Å². The average molecular weight is 251 g/mol. The van der Waals surface area contributed by atoms with Crippen LogP contribution in [0.25, 0.3) is 0 Å². The van der Waals surface area contributed by atoms with Crippen molar-refractivity contribution in [3.8, 4) is 0 Å². The Bertz CT molecular complexity index is 399. The Balaban J connectivity index is 1.69. The van der Waals surface area contributed by atoms with E-state index in [9.17, 15) is 0 Å². The third-order valence-corrected chi connectivity index (χ3v) is 4.02. The topological polar surface area (TPSA) is 57.4 Å². The van der Waals surface area contributed by atoms with Gasteiger partial charge in [0.05, 0.1) is 6.04 Å². The molecule has 0 aliphatic carbocycles. The van der Waals surface area contributed by atoms with E-state index < -0.39 is 0 Å². The van der Waals surface area contributed by atoms with Crippen LogP contribution in [0.5, 0.6) is 0 Å². The van der Waals surface area contributed by atoms with Crippen molar-refractivity contribution in [1.82, 2.24) is 20.4 Å². The fourth-order valence-electron chi connectivity index (χ4n) is 2.65. The second-order valence-corrected chi connectivity index (χ2v) is 5.42. The van der Waals surface area contributed by atoms with Gasteiger partial charge in [0.25, 0.3) is 5.95 Å². The fourth-order valence-corrected chi connectivity index (χ4v) is 2.65. The lowest BCUT2D eigenvalue weighted by Gasteiger charge is -2.31. The summed E-state index contributed by atoms with van der Waals surface area (Å²) in [6, 6.07) is 0.235. The maximum absolute atomic E-state index is 5.42. The summed E-state index contributed by atoms with van der Waals surface area (Å²) in [5, 5.41) is 7.55. The van der Waals surface area contributed by atoms with Crippen LogP contribution < -0.4 is 10.2 Å². The SMILES string of the molecule is CC1CCNC1c1nc(N2CCN(C)CC2)no1. The van der Waals surface area contributed by atoms with E-state index in [2.05, 4.69) is 39.2 Å². The predicted molar refractivity (Wildman–Crippen MR) is 68.5 cm³/mol. The molecule has 3 rings (SSSR count). The van der Waals surface area contributed by atoms with Crippen molar-refractivity contribution in [3.05, 3.63) is 5.89 Å². The Kier molecular flexibility index (Phi) is 3.22. The van der Waals surface area contributed by atoms with Gasteiger partial charge in [-0.3, -0.25) is 0 Å². The third-order valence-electron chi connectivity index (χ3n) is 4.02. The van der Waals surface area contributed by atoms with Crippen molar-refractivity contribution in [2.75, 3.05) is 44.7 Å². The molecule has 0 radical (unpaired) electrons. The van der Waals surface area contributed by atoms with Gasteiger partial charge in [-0.2, -0.15) is 4.98 Å². The highest BCUT2D eigenvalue weighted by Gasteiger charge is 2.30. The highest BCUT2D eigenvalue weighted by atomic mass is 16.5. The molecule has 2 fully saturated rings. The Morgan fingerprint density at radius 3 is 2.72 bits per heavy atom. The number of hydrogen-bond acceptors (Lipinski definition) is 6. The van der Waals surface area contributed by atoms with Crippen LogP contribution in [0.1, 0.15) is 25.3 Å². The van der Waals surface area contributed by atoms with Gasteiger partial charge in [-0.15, -0.1) is 0 Å². The molecule has 0 bridgehead atoms. The lowest BCUT2D eigenvalue weighted by Crippen LogP contribution is -2.44. The molecular formula is C12H21N5O. The monoisotopic (exact) mass is 251 g/mol. The summed E-state index contributed by atoms with van der Waals surface area (Å²) in [5.41, 5.74) is 0. The van der Waals surface area contributed by atoms with Gasteiger partial charge in [0, 0.05) is 26.2 Å². The van der Waals surface area contributed by atoms with E-state index in [0.717, 1.165) is 44.6 Å². The number of hydrogen-bond donors (Lipinski definition) is 1. The molecule has 2 saturated heterocycles. The number of nitrogens with zero attached hydrogens (tertiary/aromatic N) is 4. The Hall–Kier alpha value is -1.14. The molecule has 0 saturated carbocycles. The molecule has 1 N–H and O–H groups in total. The highest BCUT2D eigenvalue weighted by molar-refractivity contribution is 5.29. The van der Waals surface area contributed by atoms with Crippen molar-refractivity contribution in [1.29, 1.82) is 0 Å². The molecule has 0 aromatic carbocycles. The zero-order chi connectivity index (χ0) is 12.5. The number of piperazine rings is 1. The lowest BCUT2D eigenvalue weighted by atomic mass is 10.0. The zero-order valence-corrected chi connectivity index (χ0v) is 11.1. The van der Waals surface area contributed by atoms with Crippen molar-refractivity contribution in [3.63, 3.8) is 0 Å². The van der Waals surface area contributed by atoms with Gasteiger partial charge >= 0.3 is 0 Å². The molecule has 2 atom stereocenters. The van der Waals surface area contributed by atoms with Crippen LogP contribution in [0.15, 0.2) is 4.52 Å². The highest BCUT2D eigenvalue weighted by Crippen LogP contribution is 2.28. The molecule has 1 aromatic rings. The molecule has 6 heteroatoms. The first kappa shape index (κ1) is 11.9. The van der Waals surface area contributed by atoms with Gasteiger partial charge in [0.2, 0.25) is 5.89 Å². The number of rotatable bonds is 2. The number of nitrogens with one attached hydrogen (secondary N) is 1. The van der Waals surface area contributed by atoms with Gasteiger partial charge in [-0.05, 0) is 31.1 Å². The molecular weight excluding hydrogens is 230 g/mol. The summed E-state index contributed by atoms with van der Waals surface area (Å²) < 4.78 is 5.42. The molecule has 6 nitrogen and oxygen atoms in total. The molecule has 100 valence electrons.